The van der Waals surface area contributed by atoms with Crippen molar-refractivity contribution in [3.05, 3.63) is 70.5 Å². The molecule has 128 valence electrons. The predicted molar refractivity (Wildman–Crippen MR) is 104 cm³/mol. The van der Waals surface area contributed by atoms with Crippen molar-refractivity contribution in [1.29, 1.82) is 0 Å². The second kappa shape index (κ2) is 7.95. The number of carbonyl (C=O) groups is 1. The highest BCUT2D eigenvalue weighted by atomic mass is 35.5. The van der Waals surface area contributed by atoms with Crippen molar-refractivity contribution in [2.24, 2.45) is 0 Å². The Kier molecular flexibility index (Phi) is 5.68. The molecule has 1 amide bonds. The van der Waals surface area contributed by atoms with Crippen LogP contribution in [0.4, 0.5) is 5.69 Å². The third kappa shape index (κ3) is 4.57. The molecule has 0 spiro atoms. The molecule has 0 saturated carbocycles. The molecule has 1 N–H and O–H groups in total. The Balaban J connectivity index is 1.66. The van der Waals surface area contributed by atoms with E-state index in [9.17, 15) is 4.79 Å². The minimum Gasteiger partial charge on any atom is -0.324 e. The standard InChI is InChI=1S/C18H15Cl2N3OS/c1-12-5-6-16(15(20)9-12)22-17(24)11-25-18-21-7-8-23(18)14-4-2-3-13(19)10-14/h2-10H,11H2,1H3,(H,22,24). The molecule has 0 atom stereocenters. The Morgan fingerprint density at radius 1 is 1.24 bits per heavy atom. The largest absolute Gasteiger partial charge is 0.324 e. The first-order valence-corrected chi connectivity index (χ1v) is 9.25. The molecule has 0 bridgehead atoms. The van der Waals surface area contributed by atoms with Crippen LogP contribution in [-0.2, 0) is 4.79 Å². The van der Waals surface area contributed by atoms with Crippen LogP contribution in [0.25, 0.3) is 5.69 Å². The van der Waals surface area contributed by atoms with Gasteiger partial charge in [0.15, 0.2) is 5.16 Å². The number of rotatable bonds is 5. The molecule has 0 unspecified atom stereocenters. The minimum atomic E-state index is -0.142. The second-order valence-electron chi connectivity index (χ2n) is 5.38. The SMILES string of the molecule is Cc1ccc(NC(=O)CSc2nccn2-c2cccc(Cl)c2)c(Cl)c1. The molecule has 1 heterocycles. The summed E-state index contributed by atoms with van der Waals surface area (Å²) in [7, 11) is 0. The number of nitrogens with zero attached hydrogens (tertiary/aromatic N) is 2. The van der Waals surface area contributed by atoms with Gasteiger partial charge in [0.05, 0.1) is 16.5 Å². The zero-order chi connectivity index (χ0) is 17.8. The molecular formula is C18H15Cl2N3OS. The van der Waals surface area contributed by atoms with Crippen molar-refractivity contribution in [3.63, 3.8) is 0 Å². The first kappa shape index (κ1) is 17.9. The summed E-state index contributed by atoms with van der Waals surface area (Å²) in [6.45, 7) is 1.95. The molecule has 1 aromatic heterocycles. The van der Waals surface area contributed by atoms with Crippen molar-refractivity contribution in [2.75, 3.05) is 11.1 Å². The maximum atomic E-state index is 12.2. The summed E-state index contributed by atoms with van der Waals surface area (Å²) in [5.74, 6) is 0.0818. The summed E-state index contributed by atoms with van der Waals surface area (Å²) in [4.78, 5) is 16.5. The van der Waals surface area contributed by atoms with Gasteiger partial charge >= 0.3 is 0 Å². The monoisotopic (exact) mass is 391 g/mol. The number of anilines is 1. The van der Waals surface area contributed by atoms with Crippen LogP contribution in [0.3, 0.4) is 0 Å². The summed E-state index contributed by atoms with van der Waals surface area (Å²) in [6.07, 6.45) is 3.53. The van der Waals surface area contributed by atoms with Gasteiger partial charge in [-0.15, -0.1) is 0 Å². The van der Waals surface area contributed by atoms with Crippen molar-refractivity contribution in [2.45, 2.75) is 12.1 Å². The summed E-state index contributed by atoms with van der Waals surface area (Å²) < 4.78 is 1.89. The Hall–Kier alpha value is -1.95. The molecular weight excluding hydrogens is 377 g/mol. The lowest BCUT2D eigenvalue weighted by atomic mass is 10.2. The van der Waals surface area contributed by atoms with Crippen LogP contribution >= 0.6 is 35.0 Å². The normalized spacial score (nSPS) is 10.7. The lowest BCUT2D eigenvalue weighted by Crippen LogP contribution is -2.14. The minimum absolute atomic E-state index is 0.142. The average molecular weight is 392 g/mol. The van der Waals surface area contributed by atoms with E-state index in [1.165, 1.54) is 11.8 Å². The van der Waals surface area contributed by atoms with E-state index in [0.29, 0.717) is 20.9 Å². The van der Waals surface area contributed by atoms with Gasteiger partial charge in [-0.1, -0.05) is 47.1 Å². The number of aromatic nitrogens is 2. The number of hydrogen-bond donors (Lipinski definition) is 1. The molecule has 7 heteroatoms. The Bertz CT molecular complexity index is 911. The van der Waals surface area contributed by atoms with Gasteiger partial charge in [-0.25, -0.2) is 4.98 Å². The number of thioether (sulfide) groups is 1. The highest BCUT2D eigenvalue weighted by Crippen LogP contribution is 2.25. The molecule has 0 aliphatic heterocycles. The van der Waals surface area contributed by atoms with E-state index in [1.807, 2.05) is 54.1 Å². The summed E-state index contributed by atoms with van der Waals surface area (Å²) in [6, 6.07) is 13.0. The number of hydrogen-bond acceptors (Lipinski definition) is 3. The van der Waals surface area contributed by atoms with E-state index < -0.39 is 0 Å². The molecule has 2 aromatic carbocycles. The topological polar surface area (TPSA) is 46.9 Å². The third-order valence-electron chi connectivity index (χ3n) is 3.42. The van der Waals surface area contributed by atoms with Crippen LogP contribution in [0.1, 0.15) is 5.56 Å². The lowest BCUT2D eigenvalue weighted by Gasteiger charge is -2.09. The Labute approximate surface area is 160 Å². The molecule has 0 saturated heterocycles. The summed E-state index contributed by atoms with van der Waals surface area (Å²) >= 11 is 13.5. The fourth-order valence-electron chi connectivity index (χ4n) is 2.26. The van der Waals surface area contributed by atoms with E-state index in [2.05, 4.69) is 10.3 Å². The van der Waals surface area contributed by atoms with Gasteiger partial charge in [0.2, 0.25) is 5.91 Å². The molecule has 0 aliphatic rings. The van der Waals surface area contributed by atoms with Gasteiger partial charge in [0.25, 0.3) is 0 Å². The van der Waals surface area contributed by atoms with Gasteiger partial charge in [-0.05, 0) is 42.8 Å². The molecule has 3 aromatic rings. The maximum Gasteiger partial charge on any atom is 0.234 e. The second-order valence-corrected chi connectivity index (χ2v) is 7.17. The molecule has 0 fully saturated rings. The van der Waals surface area contributed by atoms with E-state index in [0.717, 1.165) is 11.3 Å². The molecule has 25 heavy (non-hydrogen) atoms. The maximum absolute atomic E-state index is 12.2. The third-order valence-corrected chi connectivity index (χ3v) is 4.94. The van der Waals surface area contributed by atoms with Crippen LogP contribution < -0.4 is 5.32 Å². The summed E-state index contributed by atoms with van der Waals surface area (Å²) in [5, 5.41) is 4.71. The lowest BCUT2D eigenvalue weighted by molar-refractivity contribution is -0.113. The average Bonchev–Trinajstić information content (AvgIpc) is 3.04. The van der Waals surface area contributed by atoms with Crippen molar-refractivity contribution in [3.8, 4) is 5.69 Å². The highest BCUT2D eigenvalue weighted by molar-refractivity contribution is 7.99. The van der Waals surface area contributed by atoms with Gasteiger partial charge in [0.1, 0.15) is 0 Å². The van der Waals surface area contributed by atoms with Crippen LogP contribution in [0.15, 0.2) is 60.0 Å². The Morgan fingerprint density at radius 2 is 2.08 bits per heavy atom. The van der Waals surface area contributed by atoms with Crippen LogP contribution in [0.2, 0.25) is 10.0 Å². The fraction of sp³-hybridized carbons (Fsp3) is 0.111. The molecule has 4 nitrogen and oxygen atoms in total. The zero-order valence-electron chi connectivity index (χ0n) is 13.4. The van der Waals surface area contributed by atoms with Crippen LogP contribution in [0.5, 0.6) is 0 Å². The number of nitrogens with one attached hydrogen (secondary N) is 1. The van der Waals surface area contributed by atoms with Crippen LogP contribution in [-0.4, -0.2) is 21.2 Å². The van der Waals surface area contributed by atoms with Gasteiger partial charge < -0.3 is 5.32 Å². The smallest absolute Gasteiger partial charge is 0.234 e. The number of benzene rings is 2. The van der Waals surface area contributed by atoms with E-state index in [1.54, 1.807) is 12.3 Å². The number of aryl methyl sites for hydroxylation is 1. The molecule has 0 radical (unpaired) electrons. The van der Waals surface area contributed by atoms with Gasteiger partial charge in [-0.3, -0.25) is 9.36 Å². The highest BCUT2D eigenvalue weighted by Gasteiger charge is 2.11. The number of carbonyl (C=O) groups excluding carboxylic acids is 1. The van der Waals surface area contributed by atoms with Crippen molar-refractivity contribution >= 4 is 46.6 Å². The van der Waals surface area contributed by atoms with Crippen molar-refractivity contribution in [1.82, 2.24) is 9.55 Å². The Morgan fingerprint density at radius 3 is 2.84 bits per heavy atom. The quantitative estimate of drug-likeness (QED) is 0.606. The fourth-order valence-corrected chi connectivity index (χ4v) is 3.50. The first-order valence-electron chi connectivity index (χ1n) is 7.51. The first-order chi connectivity index (χ1) is 12.0. The van der Waals surface area contributed by atoms with Crippen LogP contribution in [0, 0.1) is 6.92 Å². The molecule has 0 aliphatic carbocycles. The number of amides is 1. The molecule has 3 rings (SSSR count). The van der Waals surface area contributed by atoms with Gasteiger partial charge in [0, 0.05) is 23.1 Å². The van der Waals surface area contributed by atoms with Crippen molar-refractivity contribution < 1.29 is 4.79 Å². The number of halogens is 2. The summed E-state index contributed by atoms with van der Waals surface area (Å²) in [5.41, 5.74) is 2.55. The number of imidazole rings is 1. The van der Waals surface area contributed by atoms with Gasteiger partial charge in [-0.2, -0.15) is 0 Å². The van der Waals surface area contributed by atoms with E-state index in [4.69, 9.17) is 23.2 Å². The van der Waals surface area contributed by atoms with E-state index in [-0.39, 0.29) is 11.7 Å². The van der Waals surface area contributed by atoms with E-state index >= 15 is 0 Å². The zero-order valence-corrected chi connectivity index (χ0v) is 15.7. The predicted octanol–water partition coefficient (Wildman–Crippen LogP) is 5.22.